The summed E-state index contributed by atoms with van der Waals surface area (Å²) in [6, 6.07) is 12.6. The molecular formula is C23H23N3O4. The molecule has 1 unspecified atom stereocenters. The predicted octanol–water partition coefficient (Wildman–Crippen LogP) is 4.01. The fraction of sp³-hybridized carbons (Fsp3) is 0.217. The van der Waals surface area contributed by atoms with Crippen molar-refractivity contribution in [3.8, 4) is 11.5 Å². The minimum absolute atomic E-state index is 0.269. The lowest BCUT2D eigenvalue weighted by Gasteiger charge is -2.19. The first-order valence-corrected chi connectivity index (χ1v) is 9.51. The maximum Gasteiger partial charge on any atom is 0.288 e. The molecule has 7 nitrogen and oxygen atoms in total. The number of rotatable bonds is 6. The summed E-state index contributed by atoms with van der Waals surface area (Å²) in [7, 11) is 5.12. The third-order valence-corrected chi connectivity index (χ3v) is 5.19. The van der Waals surface area contributed by atoms with Crippen LogP contribution in [0.25, 0.3) is 11.0 Å². The van der Waals surface area contributed by atoms with Crippen molar-refractivity contribution in [1.82, 2.24) is 14.9 Å². The predicted molar refractivity (Wildman–Crippen MR) is 113 cm³/mol. The minimum atomic E-state index is -0.453. The third-order valence-electron chi connectivity index (χ3n) is 5.19. The molecule has 30 heavy (non-hydrogen) atoms. The largest absolute Gasteiger partial charge is 0.497 e. The van der Waals surface area contributed by atoms with Gasteiger partial charge < -0.3 is 23.8 Å². The number of aromatic nitrogens is 2. The number of nitrogens with zero attached hydrogens (tertiary/aromatic N) is 2. The van der Waals surface area contributed by atoms with Gasteiger partial charge in [-0.15, -0.1) is 0 Å². The molecule has 0 radical (unpaired) electrons. The van der Waals surface area contributed by atoms with Crippen LogP contribution in [0.2, 0.25) is 0 Å². The second-order valence-corrected chi connectivity index (χ2v) is 6.99. The van der Waals surface area contributed by atoms with Gasteiger partial charge in [-0.25, -0.2) is 4.98 Å². The maximum atomic E-state index is 13.2. The number of amides is 1. The van der Waals surface area contributed by atoms with E-state index in [4.69, 9.17) is 13.9 Å². The first kappa shape index (κ1) is 19.6. The second-order valence-electron chi connectivity index (χ2n) is 6.99. The van der Waals surface area contributed by atoms with E-state index in [9.17, 15) is 4.79 Å². The number of carbonyl (C=O) groups is 1. The molecule has 0 aliphatic carbocycles. The highest BCUT2D eigenvalue weighted by Crippen LogP contribution is 2.30. The van der Waals surface area contributed by atoms with Gasteiger partial charge in [0.25, 0.3) is 5.91 Å². The van der Waals surface area contributed by atoms with Crippen LogP contribution in [0.1, 0.15) is 33.5 Å². The Morgan fingerprint density at radius 2 is 1.80 bits per heavy atom. The molecular weight excluding hydrogens is 382 g/mol. The quantitative estimate of drug-likeness (QED) is 0.524. The van der Waals surface area contributed by atoms with Crippen LogP contribution in [-0.2, 0) is 7.05 Å². The molecule has 1 atom stereocenters. The van der Waals surface area contributed by atoms with Gasteiger partial charge in [-0.2, -0.15) is 0 Å². The number of hydrogen-bond donors (Lipinski definition) is 1. The van der Waals surface area contributed by atoms with Gasteiger partial charge >= 0.3 is 0 Å². The summed E-state index contributed by atoms with van der Waals surface area (Å²) in [5.74, 6) is 2.12. The van der Waals surface area contributed by atoms with E-state index in [1.54, 1.807) is 32.5 Å². The fourth-order valence-electron chi connectivity index (χ4n) is 3.49. The Morgan fingerprint density at radius 3 is 2.43 bits per heavy atom. The number of fused-ring (bicyclic) bond motifs is 1. The molecule has 2 heterocycles. The van der Waals surface area contributed by atoms with Gasteiger partial charge in [0, 0.05) is 30.4 Å². The highest BCUT2D eigenvalue weighted by molar-refractivity contribution is 5.99. The second kappa shape index (κ2) is 7.94. The van der Waals surface area contributed by atoms with Gasteiger partial charge in [0.1, 0.15) is 28.9 Å². The van der Waals surface area contributed by atoms with Crippen LogP contribution < -0.4 is 14.8 Å². The van der Waals surface area contributed by atoms with Crippen molar-refractivity contribution in [3.63, 3.8) is 0 Å². The number of nitrogens with one attached hydrogen (secondary N) is 1. The van der Waals surface area contributed by atoms with Crippen molar-refractivity contribution >= 4 is 16.9 Å². The molecule has 0 saturated heterocycles. The molecule has 0 aliphatic heterocycles. The summed E-state index contributed by atoms with van der Waals surface area (Å²) < 4.78 is 18.3. The number of imidazole rings is 1. The lowest BCUT2D eigenvalue weighted by atomic mass is 10.1. The molecule has 0 bridgehead atoms. The van der Waals surface area contributed by atoms with E-state index in [1.807, 2.05) is 55.1 Å². The molecule has 1 amide bonds. The van der Waals surface area contributed by atoms with Crippen molar-refractivity contribution < 1.29 is 18.7 Å². The molecule has 0 spiro atoms. The summed E-state index contributed by atoms with van der Waals surface area (Å²) in [5, 5.41) is 3.92. The van der Waals surface area contributed by atoms with Crippen LogP contribution >= 0.6 is 0 Å². The van der Waals surface area contributed by atoms with Gasteiger partial charge in [-0.3, -0.25) is 4.79 Å². The van der Waals surface area contributed by atoms with Crippen molar-refractivity contribution in [2.24, 2.45) is 7.05 Å². The Hall–Kier alpha value is -3.74. The summed E-state index contributed by atoms with van der Waals surface area (Å²) in [6.45, 7) is 1.86. The van der Waals surface area contributed by atoms with E-state index in [0.717, 1.165) is 22.3 Å². The highest BCUT2D eigenvalue weighted by atomic mass is 16.5. The molecule has 4 rings (SSSR count). The number of aryl methyl sites for hydroxylation is 2. The highest BCUT2D eigenvalue weighted by Gasteiger charge is 2.25. The standard InChI is InChI=1S/C23H23N3O4/c1-14-18-13-17(29-4)9-10-19(18)30-21(14)23(27)25-20(22-24-11-12-26(22)2)15-5-7-16(28-3)8-6-15/h5-13,20H,1-4H3,(H,25,27). The van der Waals surface area contributed by atoms with Gasteiger partial charge in [0.2, 0.25) is 0 Å². The van der Waals surface area contributed by atoms with Gasteiger partial charge in [0.15, 0.2) is 5.76 Å². The van der Waals surface area contributed by atoms with Gasteiger partial charge in [0.05, 0.1) is 14.2 Å². The van der Waals surface area contributed by atoms with Crippen LogP contribution in [0.15, 0.2) is 59.3 Å². The van der Waals surface area contributed by atoms with E-state index >= 15 is 0 Å². The van der Waals surface area contributed by atoms with Crippen LogP contribution in [-0.4, -0.2) is 29.7 Å². The van der Waals surface area contributed by atoms with E-state index in [2.05, 4.69) is 10.3 Å². The molecule has 0 saturated carbocycles. The molecule has 7 heteroatoms. The zero-order valence-electron chi connectivity index (χ0n) is 17.3. The molecule has 2 aromatic carbocycles. The van der Waals surface area contributed by atoms with E-state index < -0.39 is 6.04 Å². The summed E-state index contributed by atoms with van der Waals surface area (Å²) >= 11 is 0. The van der Waals surface area contributed by atoms with E-state index in [0.29, 0.717) is 17.2 Å². The number of carbonyl (C=O) groups excluding carboxylic acids is 1. The average molecular weight is 405 g/mol. The number of furan rings is 1. The molecule has 1 N–H and O–H groups in total. The van der Waals surface area contributed by atoms with Crippen molar-refractivity contribution in [1.29, 1.82) is 0 Å². The van der Waals surface area contributed by atoms with Crippen LogP contribution in [0, 0.1) is 6.92 Å². The Morgan fingerprint density at radius 1 is 1.10 bits per heavy atom. The molecule has 4 aromatic rings. The fourth-order valence-corrected chi connectivity index (χ4v) is 3.49. The summed E-state index contributed by atoms with van der Waals surface area (Å²) in [4.78, 5) is 17.6. The van der Waals surface area contributed by atoms with E-state index in [1.165, 1.54) is 0 Å². The SMILES string of the molecule is COc1ccc(C(NC(=O)c2oc3ccc(OC)cc3c2C)c2nccn2C)cc1. The monoisotopic (exact) mass is 405 g/mol. The number of hydrogen-bond acceptors (Lipinski definition) is 5. The Balaban J connectivity index is 1.71. The van der Waals surface area contributed by atoms with Crippen molar-refractivity contribution in [2.45, 2.75) is 13.0 Å². The zero-order chi connectivity index (χ0) is 21.3. The first-order valence-electron chi connectivity index (χ1n) is 9.51. The number of methoxy groups -OCH3 is 2. The van der Waals surface area contributed by atoms with Crippen LogP contribution in [0.3, 0.4) is 0 Å². The topological polar surface area (TPSA) is 78.5 Å². The maximum absolute atomic E-state index is 13.2. The van der Waals surface area contributed by atoms with Gasteiger partial charge in [-0.05, 0) is 42.8 Å². The van der Waals surface area contributed by atoms with Crippen LogP contribution in [0.5, 0.6) is 11.5 Å². The smallest absolute Gasteiger partial charge is 0.288 e. The zero-order valence-corrected chi connectivity index (χ0v) is 17.3. The minimum Gasteiger partial charge on any atom is -0.497 e. The van der Waals surface area contributed by atoms with Crippen molar-refractivity contribution in [2.75, 3.05) is 14.2 Å². The van der Waals surface area contributed by atoms with E-state index in [-0.39, 0.29) is 11.7 Å². The van der Waals surface area contributed by atoms with Gasteiger partial charge in [-0.1, -0.05) is 12.1 Å². The Labute approximate surface area is 174 Å². The lowest BCUT2D eigenvalue weighted by molar-refractivity contribution is 0.0914. The molecule has 2 aromatic heterocycles. The molecule has 0 fully saturated rings. The first-order chi connectivity index (χ1) is 14.5. The normalized spacial score (nSPS) is 12.0. The average Bonchev–Trinajstić information content (AvgIpc) is 3.34. The lowest BCUT2D eigenvalue weighted by Crippen LogP contribution is -2.31. The third kappa shape index (κ3) is 3.50. The van der Waals surface area contributed by atoms with Crippen molar-refractivity contribution in [3.05, 3.63) is 77.6 Å². The molecule has 154 valence electrons. The summed E-state index contributed by atoms with van der Waals surface area (Å²) in [6.07, 6.45) is 3.55. The number of ether oxygens (including phenoxy) is 2. The molecule has 0 aliphatic rings. The Kier molecular flexibility index (Phi) is 5.18. The Bertz CT molecular complexity index is 1190. The number of benzene rings is 2. The van der Waals surface area contributed by atoms with Crippen LogP contribution in [0.4, 0.5) is 0 Å². The summed E-state index contributed by atoms with van der Waals surface area (Å²) in [5.41, 5.74) is 2.28.